The van der Waals surface area contributed by atoms with Crippen LogP contribution in [-0.4, -0.2) is 35.5 Å². The van der Waals surface area contributed by atoms with Gasteiger partial charge < -0.3 is 15.2 Å². The molecule has 0 aliphatic heterocycles. The zero-order chi connectivity index (χ0) is 23.9. The summed E-state index contributed by atoms with van der Waals surface area (Å²) in [5.74, 6) is -0.595. The molecule has 1 aromatic carbocycles. The summed E-state index contributed by atoms with van der Waals surface area (Å²) in [5.41, 5.74) is -0.600. The second kappa shape index (κ2) is 14.6. The van der Waals surface area contributed by atoms with Crippen LogP contribution in [0, 0.1) is 5.92 Å². The lowest BCUT2D eigenvalue weighted by molar-refractivity contribution is -0.154. The first kappa shape index (κ1) is 26.7. The Morgan fingerprint density at radius 2 is 1.94 bits per heavy atom. The van der Waals surface area contributed by atoms with Gasteiger partial charge in [0.15, 0.2) is 6.16 Å². The number of carbonyl (C=O) groups is 2. The molecule has 1 aromatic rings. The Labute approximate surface area is 197 Å². The van der Waals surface area contributed by atoms with Gasteiger partial charge in [0.1, 0.15) is 6.61 Å². The van der Waals surface area contributed by atoms with Crippen LogP contribution in [0.15, 0.2) is 54.6 Å². The van der Waals surface area contributed by atoms with Gasteiger partial charge in [-0.25, -0.2) is 9.59 Å². The van der Waals surface area contributed by atoms with Crippen molar-refractivity contribution >= 4 is 20.1 Å². The van der Waals surface area contributed by atoms with E-state index in [1.807, 2.05) is 36.4 Å². The summed E-state index contributed by atoms with van der Waals surface area (Å²) < 4.78 is 23.0. The molecule has 180 valence electrons. The molecule has 0 saturated heterocycles. The molecule has 0 radical (unpaired) electrons. The van der Waals surface area contributed by atoms with Crippen LogP contribution in [-0.2, 0) is 25.2 Å². The van der Waals surface area contributed by atoms with Crippen molar-refractivity contribution < 1.29 is 28.5 Å². The highest BCUT2D eigenvalue weighted by Crippen LogP contribution is 2.35. The fourth-order valence-electron chi connectivity index (χ4n) is 3.51. The van der Waals surface area contributed by atoms with Crippen LogP contribution in [0.4, 0.5) is 4.79 Å². The number of alkyl carbamates (subject to hydrolysis) is 1. The monoisotopic (exact) mass is 476 g/mol. The summed E-state index contributed by atoms with van der Waals surface area (Å²) in [6.45, 7) is 2.02. The van der Waals surface area contributed by atoms with Gasteiger partial charge in [-0.05, 0) is 67.9 Å². The number of hydrogen-bond donors (Lipinski definition) is 2. The second-order valence-electron chi connectivity index (χ2n) is 8.43. The van der Waals surface area contributed by atoms with Gasteiger partial charge in [0.2, 0.25) is 5.60 Å². The highest BCUT2D eigenvalue weighted by Gasteiger charge is 2.42. The Morgan fingerprint density at radius 1 is 1.15 bits per heavy atom. The molecule has 0 spiro atoms. The molecule has 0 aromatic heterocycles. The minimum absolute atomic E-state index is 0.194. The maximum absolute atomic E-state index is 12.3. The normalized spacial score (nSPS) is 17.2. The van der Waals surface area contributed by atoms with Gasteiger partial charge in [-0.3, -0.25) is 0 Å². The molecule has 1 amide bonds. The van der Waals surface area contributed by atoms with E-state index in [2.05, 4.69) is 23.5 Å². The molecule has 2 N–H and O–H groups in total. The zero-order valence-corrected chi connectivity index (χ0v) is 20.2. The number of rotatable bonds is 15. The van der Waals surface area contributed by atoms with Crippen molar-refractivity contribution in [1.29, 1.82) is 0 Å². The topological polar surface area (TPSA) is 102 Å². The molecule has 8 heteroatoms. The average molecular weight is 477 g/mol. The number of hydrogen-bond acceptors (Lipinski definition) is 5. The summed E-state index contributed by atoms with van der Waals surface area (Å²) in [4.78, 5) is 23.5. The molecule has 0 heterocycles. The fourth-order valence-corrected chi connectivity index (χ4v) is 4.70. The number of ether oxygens (including phenoxy) is 1. The first-order valence-electron chi connectivity index (χ1n) is 11.5. The zero-order valence-electron chi connectivity index (χ0n) is 19.3. The number of allylic oxidation sites excluding steroid dienone is 4. The first-order valence-corrected chi connectivity index (χ1v) is 12.9. The maximum Gasteiger partial charge on any atom is 0.509 e. The number of unbranched alkanes of at least 4 members (excludes halogenated alkanes) is 2. The van der Waals surface area contributed by atoms with Crippen LogP contribution in [0.25, 0.3) is 0 Å². The Morgan fingerprint density at radius 3 is 2.64 bits per heavy atom. The molecule has 0 fully saturated rings. The fraction of sp³-hybridized carbons (Fsp3) is 0.520. The second-order valence-corrected chi connectivity index (χ2v) is 9.73. The van der Waals surface area contributed by atoms with Gasteiger partial charge in [0.05, 0.1) is 0 Å². The van der Waals surface area contributed by atoms with Crippen LogP contribution in [0.3, 0.4) is 0 Å². The predicted octanol–water partition coefficient (Wildman–Crippen LogP) is 5.99. The van der Waals surface area contributed by atoms with Crippen molar-refractivity contribution in [2.24, 2.45) is 5.92 Å². The quantitative estimate of drug-likeness (QED) is 0.238. The first-order chi connectivity index (χ1) is 15.9. The van der Waals surface area contributed by atoms with Crippen molar-refractivity contribution in [3.05, 3.63) is 60.2 Å². The molecular weight excluding hydrogens is 441 g/mol. The minimum Gasteiger partial charge on any atom is -0.479 e. The summed E-state index contributed by atoms with van der Waals surface area (Å²) in [6, 6.07) is 9.38. The third kappa shape index (κ3) is 10.8. The van der Waals surface area contributed by atoms with E-state index in [0.717, 1.165) is 31.2 Å². The van der Waals surface area contributed by atoms with Crippen LogP contribution in [0.5, 0.6) is 0 Å². The van der Waals surface area contributed by atoms with E-state index < -0.39 is 25.7 Å². The van der Waals surface area contributed by atoms with Gasteiger partial charge >= 0.3 is 20.1 Å². The molecular formula is C25H35NO6P+. The third-order valence-corrected chi connectivity index (χ3v) is 6.84. The van der Waals surface area contributed by atoms with Crippen molar-refractivity contribution in [2.45, 2.75) is 64.1 Å². The van der Waals surface area contributed by atoms with E-state index in [0.29, 0.717) is 31.5 Å². The van der Waals surface area contributed by atoms with Gasteiger partial charge in [0.25, 0.3) is 0 Å². The van der Waals surface area contributed by atoms with E-state index in [1.54, 1.807) is 0 Å². The predicted molar refractivity (Wildman–Crippen MR) is 128 cm³/mol. The van der Waals surface area contributed by atoms with Crippen molar-refractivity contribution in [2.75, 3.05) is 12.7 Å². The van der Waals surface area contributed by atoms with Crippen molar-refractivity contribution in [1.82, 2.24) is 5.32 Å². The molecule has 0 bridgehead atoms. The van der Waals surface area contributed by atoms with Crippen LogP contribution >= 0.6 is 8.03 Å². The number of carbonyl (C=O) groups excluding carboxylic acids is 1. The summed E-state index contributed by atoms with van der Waals surface area (Å²) in [6.07, 6.45) is 13.3. The number of carboxylic acid groups (broad SMARTS) is 1. The van der Waals surface area contributed by atoms with Gasteiger partial charge in [0, 0.05) is 6.54 Å². The third-order valence-electron chi connectivity index (χ3n) is 5.55. The molecule has 7 nitrogen and oxygen atoms in total. The maximum atomic E-state index is 12.3. The highest BCUT2D eigenvalue weighted by atomic mass is 31.1. The SMILES string of the molecule is C[C@@](CCCCNC(=O)OCc1ccccc1)(O[P+](=O)CCCCC1C=CC=CC1)C(=O)O. The number of benzene rings is 1. The molecule has 0 saturated carbocycles. The molecule has 2 unspecified atom stereocenters. The van der Waals surface area contributed by atoms with E-state index in [4.69, 9.17) is 9.26 Å². The lowest BCUT2D eigenvalue weighted by Gasteiger charge is -2.18. The average Bonchev–Trinajstić information content (AvgIpc) is 2.81. The highest BCUT2D eigenvalue weighted by molar-refractivity contribution is 7.39. The Kier molecular flexibility index (Phi) is 11.8. The van der Waals surface area contributed by atoms with Crippen LogP contribution in [0.2, 0.25) is 0 Å². The molecule has 2 rings (SSSR count). The molecule has 33 heavy (non-hydrogen) atoms. The number of carboxylic acids is 1. The summed E-state index contributed by atoms with van der Waals surface area (Å²) in [5, 5.41) is 12.2. The standard InChI is InChI=1S/C25H34NO6P/c1-25(23(27)28,32-33(30)19-11-8-14-21-12-4-2-5-13-21)17-9-10-18-26-24(29)31-20-22-15-6-3-7-16-22/h2-7,12,15-16,21H,8-11,13-14,17-20H2,1H3,(H-,26,27,28,29)/p+1/t21?,25-/m0/s1. The van der Waals surface area contributed by atoms with E-state index in [-0.39, 0.29) is 13.0 Å². The number of nitrogens with one attached hydrogen (secondary N) is 1. The molecule has 1 aliphatic rings. The van der Waals surface area contributed by atoms with Gasteiger partial charge in [-0.1, -0.05) is 54.6 Å². The summed E-state index contributed by atoms with van der Waals surface area (Å²) >= 11 is 0. The molecule has 1 aliphatic carbocycles. The van der Waals surface area contributed by atoms with E-state index >= 15 is 0 Å². The van der Waals surface area contributed by atoms with Gasteiger partial charge in [-0.15, -0.1) is 4.52 Å². The van der Waals surface area contributed by atoms with Gasteiger partial charge in [-0.2, -0.15) is 0 Å². The smallest absolute Gasteiger partial charge is 0.479 e. The minimum atomic E-state index is -2.04. The lowest BCUT2D eigenvalue weighted by Crippen LogP contribution is -2.36. The van der Waals surface area contributed by atoms with Crippen molar-refractivity contribution in [3.8, 4) is 0 Å². The summed E-state index contributed by atoms with van der Waals surface area (Å²) in [7, 11) is -2.04. The van der Waals surface area contributed by atoms with E-state index in [1.165, 1.54) is 6.92 Å². The Balaban J connectivity index is 1.59. The Hall–Kier alpha value is -2.50. The van der Waals surface area contributed by atoms with Crippen molar-refractivity contribution in [3.63, 3.8) is 0 Å². The number of aliphatic carboxylic acids is 1. The number of amides is 1. The van der Waals surface area contributed by atoms with Crippen LogP contribution < -0.4 is 5.32 Å². The van der Waals surface area contributed by atoms with Crippen LogP contribution in [0.1, 0.15) is 57.4 Å². The largest absolute Gasteiger partial charge is 0.509 e. The lowest BCUT2D eigenvalue weighted by atomic mass is 9.95. The Bertz CT molecular complexity index is 825. The molecule has 3 atom stereocenters. The van der Waals surface area contributed by atoms with E-state index in [9.17, 15) is 19.3 Å².